The number of thioether (sulfide) groups is 1. The monoisotopic (exact) mass is 469 g/mol. The first kappa shape index (κ1) is 24.6. The first-order valence-electron chi connectivity index (χ1n) is 10.8. The highest BCUT2D eigenvalue weighted by atomic mass is 32.2. The van der Waals surface area contributed by atoms with Gasteiger partial charge in [0, 0.05) is 24.7 Å². The third-order valence-corrected chi connectivity index (χ3v) is 6.73. The number of aliphatic hydroxyl groups is 2. The van der Waals surface area contributed by atoms with Gasteiger partial charge < -0.3 is 19.7 Å². The standard InChI is InChI=1S/C20H31N5O6S/c1-3-4-23-11-15(21-22-23)13-31-8-7-30-6-5-24-19(28)14(2)10-25(20(24)29)18-9-16(27)17(12-26)32-18/h10-11,16-18,26-27H,3-9,12-13H2,1-2H3/t16?,17-,18?/m1/s1. The normalized spacial score (nSPS) is 20.8. The number of hydrogen-bond donors (Lipinski definition) is 2. The van der Waals surface area contributed by atoms with E-state index in [1.165, 1.54) is 22.5 Å². The van der Waals surface area contributed by atoms with Crippen LogP contribution < -0.4 is 11.2 Å². The summed E-state index contributed by atoms with van der Waals surface area (Å²) in [6, 6.07) is 0. The van der Waals surface area contributed by atoms with Crippen molar-refractivity contribution in [2.24, 2.45) is 0 Å². The molecule has 12 heteroatoms. The van der Waals surface area contributed by atoms with Crippen molar-refractivity contribution < 1.29 is 19.7 Å². The second-order valence-electron chi connectivity index (χ2n) is 7.71. The Labute approximate surface area is 190 Å². The van der Waals surface area contributed by atoms with Gasteiger partial charge in [-0.3, -0.25) is 18.6 Å². The largest absolute Gasteiger partial charge is 0.395 e. The van der Waals surface area contributed by atoms with E-state index in [1.807, 2.05) is 6.20 Å². The second-order valence-corrected chi connectivity index (χ2v) is 9.13. The fourth-order valence-electron chi connectivity index (χ4n) is 3.51. The van der Waals surface area contributed by atoms with Crippen molar-refractivity contribution in [3.05, 3.63) is 44.5 Å². The van der Waals surface area contributed by atoms with Crippen LogP contribution >= 0.6 is 11.8 Å². The van der Waals surface area contributed by atoms with Crippen molar-refractivity contribution >= 4 is 11.8 Å². The third-order valence-electron chi connectivity index (χ3n) is 5.18. The number of hydrogen-bond acceptors (Lipinski definition) is 9. The van der Waals surface area contributed by atoms with Gasteiger partial charge in [0.15, 0.2) is 0 Å². The van der Waals surface area contributed by atoms with Crippen molar-refractivity contribution in [2.45, 2.75) is 63.1 Å². The molecule has 0 spiro atoms. The molecule has 1 aliphatic rings. The van der Waals surface area contributed by atoms with Crippen LogP contribution in [0.4, 0.5) is 0 Å². The van der Waals surface area contributed by atoms with Crippen LogP contribution in [0.5, 0.6) is 0 Å². The highest BCUT2D eigenvalue weighted by Gasteiger charge is 2.35. The predicted octanol–water partition coefficient (Wildman–Crippen LogP) is -0.0894. The highest BCUT2D eigenvalue weighted by Crippen LogP contribution is 2.40. The van der Waals surface area contributed by atoms with Gasteiger partial charge in [0.25, 0.3) is 5.56 Å². The van der Waals surface area contributed by atoms with Crippen molar-refractivity contribution in [1.82, 2.24) is 24.1 Å². The van der Waals surface area contributed by atoms with E-state index in [9.17, 15) is 19.8 Å². The van der Waals surface area contributed by atoms with E-state index in [0.29, 0.717) is 31.8 Å². The molecule has 3 atom stereocenters. The minimum Gasteiger partial charge on any atom is -0.395 e. The molecule has 1 fully saturated rings. The number of aliphatic hydroxyl groups excluding tert-OH is 2. The zero-order valence-corrected chi connectivity index (χ0v) is 19.2. The van der Waals surface area contributed by atoms with Gasteiger partial charge in [0.2, 0.25) is 0 Å². The van der Waals surface area contributed by atoms with Gasteiger partial charge in [0.05, 0.1) is 62.5 Å². The van der Waals surface area contributed by atoms with E-state index < -0.39 is 11.8 Å². The Hall–Kier alpha value is -1.99. The molecule has 2 aromatic rings. The van der Waals surface area contributed by atoms with Gasteiger partial charge in [-0.25, -0.2) is 4.79 Å². The molecular formula is C20H31N5O6S. The Morgan fingerprint density at radius 1 is 1.19 bits per heavy atom. The lowest BCUT2D eigenvalue weighted by Gasteiger charge is -2.16. The highest BCUT2D eigenvalue weighted by molar-refractivity contribution is 8.00. The number of aromatic nitrogens is 5. The average Bonchev–Trinajstić information content (AvgIpc) is 3.38. The molecule has 32 heavy (non-hydrogen) atoms. The maximum atomic E-state index is 12.9. The number of rotatable bonds is 12. The summed E-state index contributed by atoms with van der Waals surface area (Å²) in [5.41, 5.74) is 0.387. The quantitative estimate of drug-likeness (QED) is 0.409. The summed E-state index contributed by atoms with van der Waals surface area (Å²) in [4.78, 5) is 25.3. The van der Waals surface area contributed by atoms with Gasteiger partial charge in [-0.1, -0.05) is 12.1 Å². The topological polar surface area (TPSA) is 134 Å². The van der Waals surface area contributed by atoms with Gasteiger partial charge in [-0.05, 0) is 13.3 Å². The molecule has 3 rings (SSSR count). The molecule has 0 aliphatic carbocycles. The first-order valence-corrected chi connectivity index (χ1v) is 11.7. The van der Waals surface area contributed by atoms with E-state index >= 15 is 0 Å². The molecule has 2 N–H and O–H groups in total. The Kier molecular flexibility index (Phi) is 9.05. The number of ether oxygens (including phenoxy) is 2. The average molecular weight is 470 g/mol. The minimum atomic E-state index is -0.692. The second kappa shape index (κ2) is 11.8. The van der Waals surface area contributed by atoms with Crippen molar-refractivity contribution in [2.75, 3.05) is 26.4 Å². The summed E-state index contributed by atoms with van der Waals surface area (Å²) in [7, 11) is 0. The molecule has 0 amide bonds. The zero-order valence-electron chi connectivity index (χ0n) is 18.4. The Morgan fingerprint density at radius 3 is 2.69 bits per heavy atom. The molecule has 1 saturated heterocycles. The SMILES string of the molecule is CCCn1cc(COCCOCCn2c(=O)c(C)cn(C3CC(O)[C@@H](CO)S3)c2=O)nn1. The minimum absolute atomic E-state index is 0.119. The first-order chi connectivity index (χ1) is 15.4. The van der Waals surface area contributed by atoms with Gasteiger partial charge in [-0.2, -0.15) is 0 Å². The van der Waals surface area contributed by atoms with Crippen LogP contribution in [-0.4, -0.2) is 72.1 Å². The van der Waals surface area contributed by atoms with Crippen LogP contribution in [0.25, 0.3) is 0 Å². The maximum Gasteiger partial charge on any atom is 0.332 e. The lowest BCUT2D eigenvalue weighted by molar-refractivity contribution is 0.0362. The molecule has 2 aromatic heterocycles. The Morgan fingerprint density at radius 2 is 1.97 bits per heavy atom. The van der Waals surface area contributed by atoms with Crippen LogP contribution in [-0.2, 0) is 29.2 Å². The summed E-state index contributed by atoms with van der Waals surface area (Å²) in [6.07, 6.45) is 4.01. The van der Waals surface area contributed by atoms with Crippen LogP contribution in [0.1, 0.15) is 36.4 Å². The van der Waals surface area contributed by atoms with Crippen molar-refractivity contribution in [3.63, 3.8) is 0 Å². The van der Waals surface area contributed by atoms with Crippen LogP contribution in [0.15, 0.2) is 22.0 Å². The summed E-state index contributed by atoms with van der Waals surface area (Å²) in [5.74, 6) is 0. The maximum absolute atomic E-state index is 12.9. The summed E-state index contributed by atoms with van der Waals surface area (Å²) in [5, 5.41) is 26.8. The summed E-state index contributed by atoms with van der Waals surface area (Å²) < 4.78 is 15.5. The predicted molar refractivity (Wildman–Crippen MR) is 119 cm³/mol. The zero-order chi connectivity index (χ0) is 23.1. The summed E-state index contributed by atoms with van der Waals surface area (Å²) >= 11 is 1.34. The van der Waals surface area contributed by atoms with E-state index in [4.69, 9.17) is 9.47 Å². The van der Waals surface area contributed by atoms with Crippen molar-refractivity contribution in [1.29, 1.82) is 0 Å². The van der Waals surface area contributed by atoms with E-state index in [0.717, 1.165) is 23.2 Å². The van der Waals surface area contributed by atoms with Crippen LogP contribution in [0.2, 0.25) is 0 Å². The Balaban J connectivity index is 1.48. The number of aryl methyl sites for hydroxylation is 2. The molecule has 0 radical (unpaired) electrons. The molecule has 11 nitrogen and oxygen atoms in total. The van der Waals surface area contributed by atoms with E-state index in [1.54, 1.807) is 11.6 Å². The van der Waals surface area contributed by atoms with Gasteiger partial charge in [0.1, 0.15) is 5.69 Å². The molecule has 178 valence electrons. The molecule has 0 saturated carbocycles. The fourth-order valence-corrected chi connectivity index (χ4v) is 4.88. The van der Waals surface area contributed by atoms with E-state index in [-0.39, 0.29) is 35.9 Å². The lowest BCUT2D eigenvalue weighted by atomic mass is 10.2. The van der Waals surface area contributed by atoms with Crippen LogP contribution in [0, 0.1) is 6.92 Å². The molecule has 3 heterocycles. The third kappa shape index (κ3) is 6.07. The molecule has 2 unspecified atom stereocenters. The number of nitrogens with zero attached hydrogens (tertiary/aromatic N) is 5. The van der Waals surface area contributed by atoms with Gasteiger partial charge in [-0.15, -0.1) is 16.9 Å². The molecule has 1 aliphatic heterocycles. The fraction of sp³-hybridized carbons (Fsp3) is 0.700. The van der Waals surface area contributed by atoms with E-state index in [2.05, 4.69) is 17.2 Å². The Bertz CT molecular complexity index is 990. The smallest absolute Gasteiger partial charge is 0.332 e. The summed E-state index contributed by atoms with van der Waals surface area (Å²) in [6.45, 7) is 5.70. The molecule has 0 aromatic carbocycles. The van der Waals surface area contributed by atoms with Crippen LogP contribution in [0.3, 0.4) is 0 Å². The molecular weight excluding hydrogens is 438 g/mol. The van der Waals surface area contributed by atoms with Crippen molar-refractivity contribution in [3.8, 4) is 0 Å². The molecule has 0 bridgehead atoms. The van der Waals surface area contributed by atoms with Gasteiger partial charge >= 0.3 is 5.69 Å². The lowest BCUT2D eigenvalue weighted by Crippen LogP contribution is -2.42.